The molecule has 1 aromatic rings. The van der Waals surface area contributed by atoms with Gasteiger partial charge in [0.15, 0.2) is 0 Å². The first-order valence-corrected chi connectivity index (χ1v) is 16.4. The Morgan fingerprint density at radius 1 is 0.837 bits per heavy atom. The molecule has 2 N–H and O–H groups in total. The summed E-state index contributed by atoms with van der Waals surface area (Å²) in [7, 11) is 0. The third kappa shape index (κ3) is 11.2. The van der Waals surface area contributed by atoms with E-state index in [0.717, 1.165) is 24.2 Å². The van der Waals surface area contributed by atoms with Crippen molar-refractivity contribution in [3.8, 4) is 0 Å². The van der Waals surface area contributed by atoms with Gasteiger partial charge in [0.05, 0.1) is 30.3 Å². The van der Waals surface area contributed by atoms with Gasteiger partial charge < -0.3 is 19.7 Å². The van der Waals surface area contributed by atoms with Crippen LogP contribution >= 0.6 is 0 Å². The van der Waals surface area contributed by atoms with Crippen LogP contribution in [-0.2, 0) is 25.5 Å². The zero-order valence-electron chi connectivity index (χ0n) is 26.2. The van der Waals surface area contributed by atoms with E-state index in [1.165, 1.54) is 83.1 Å². The van der Waals surface area contributed by atoms with Gasteiger partial charge in [-0.25, -0.2) is 14.0 Å². The average molecular weight is 601 g/mol. The standard InChI is InChI=1S/C36H53FO6/c1-4-5-6-7-27-8-13-29(14-9-27)30-15-10-28(11-16-30)12-17-31-18-19-32(20-34(31)37)33(23-42-35(40)25(2)21-38)24-43-36(41)26(3)22-39/h18-20,27-30,33,38-39H,2-17,21-24H2,1H3. The normalized spacial score (nSPS) is 22.3. The van der Waals surface area contributed by atoms with Crippen LogP contribution in [0.5, 0.6) is 0 Å². The fraction of sp³-hybridized carbons (Fsp3) is 0.667. The highest BCUT2D eigenvalue weighted by Gasteiger charge is 2.31. The SMILES string of the molecule is C=C(CO)C(=O)OCC(COC(=O)C(=C)CO)c1ccc(CCC2CCC(C3CCC(CCCCC)CC3)CC2)c(F)c1. The lowest BCUT2D eigenvalue weighted by molar-refractivity contribution is -0.142. The van der Waals surface area contributed by atoms with Crippen molar-refractivity contribution >= 4 is 11.9 Å². The molecular weight excluding hydrogens is 547 g/mol. The Morgan fingerprint density at radius 2 is 1.35 bits per heavy atom. The molecule has 0 atom stereocenters. The summed E-state index contributed by atoms with van der Waals surface area (Å²) in [6.07, 6.45) is 17.9. The van der Waals surface area contributed by atoms with Crippen LogP contribution in [0.4, 0.5) is 4.39 Å². The number of rotatable bonds is 17. The molecule has 0 radical (unpaired) electrons. The topological polar surface area (TPSA) is 93.1 Å². The second-order valence-electron chi connectivity index (χ2n) is 12.9. The summed E-state index contributed by atoms with van der Waals surface area (Å²) < 4.78 is 25.7. The first-order chi connectivity index (χ1) is 20.7. The lowest BCUT2D eigenvalue weighted by Crippen LogP contribution is -2.26. The number of benzene rings is 1. The molecule has 1 aromatic carbocycles. The molecule has 0 unspecified atom stereocenters. The number of aliphatic hydroxyl groups is 2. The second-order valence-corrected chi connectivity index (χ2v) is 12.9. The van der Waals surface area contributed by atoms with Gasteiger partial charge in [0.25, 0.3) is 0 Å². The van der Waals surface area contributed by atoms with Gasteiger partial charge in [-0.1, -0.05) is 83.6 Å². The number of carbonyl (C=O) groups excluding carboxylic acids is 2. The van der Waals surface area contributed by atoms with E-state index in [2.05, 4.69) is 20.1 Å². The zero-order valence-corrected chi connectivity index (χ0v) is 26.2. The average Bonchev–Trinajstić information content (AvgIpc) is 3.03. The van der Waals surface area contributed by atoms with Crippen molar-refractivity contribution in [3.63, 3.8) is 0 Å². The quantitative estimate of drug-likeness (QED) is 0.111. The van der Waals surface area contributed by atoms with Gasteiger partial charge in [0.1, 0.15) is 19.0 Å². The molecule has 0 aliphatic heterocycles. The van der Waals surface area contributed by atoms with Crippen LogP contribution < -0.4 is 0 Å². The predicted octanol–water partition coefficient (Wildman–Crippen LogP) is 7.22. The number of esters is 2. The Balaban J connectivity index is 1.49. The highest BCUT2D eigenvalue weighted by molar-refractivity contribution is 5.88. The van der Waals surface area contributed by atoms with Crippen molar-refractivity contribution < 1.29 is 33.7 Å². The van der Waals surface area contributed by atoms with Gasteiger partial charge in [0, 0.05) is 0 Å². The van der Waals surface area contributed by atoms with E-state index in [1.807, 2.05) is 0 Å². The maximum atomic E-state index is 15.3. The van der Waals surface area contributed by atoms with Crippen LogP contribution in [0.1, 0.15) is 107 Å². The van der Waals surface area contributed by atoms with Crippen molar-refractivity contribution in [1.82, 2.24) is 0 Å². The number of halogens is 1. The molecule has 43 heavy (non-hydrogen) atoms. The highest BCUT2D eigenvalue weighted by atomic mass is 19.1. The largest absolute Gasteiger partial charge is 0.461 e. The summed E-state index contributed by atoms with van der Waals surface area (Å²) in [6.45, 7) is 7.70. The second kappa shape index (κ2) is 18.3. The van der Waals surface area contributed by atoms with Gasteiger partial charge in [-0.3, -0.25) is 0 Å². The first-order valence-electron chi connectivity index (χ1n) is 16.4. The molecule has 0 amide bonds. The third-order valence-electron chi connectivity index (χ3n) is 9.83. The van der Waals surface area contributed by atoms with Gasteiger partial charge in [-0.2, -0.15) is 0 Å². The molecule has 0 aromatic heterocycles. The monoisotopic (exact) mass is 600 g/mol. The molecule has 240 valence electrons. The van der Waals surface area contributed by atoms with E-state index in [1.54, 1.807) is 12.1 Å². The van der Waals surface area contributed by atoms with E-state index >= 15 is 4.39 Å². The minimum atomic E-state index is -0.777. The first kappa shape index (κ1) is 35.0. The Hall–Kier alpha value is -2.51. The number of unbranched alkanes of at least 4 members (excludes halogenated alkanes) is 2. The van der Waals surface area contributed by atoms with Crippen molar-refractivity contribution in [3.05, 3.63) is 59.4 Å². The van der Waals surface area contributed by atoms with Gasteiger partial charge in [-0.15, -0.1) is 0 Å². The Labute approximate surface area is 257 Å². The lowest BCUT2D eigenvalue weighted by Gasteiger charge is -2.38. The number of aryl methyl sites for hydroxylation is 1. The summed E-state index contributed by atoms with van der Waals surface area (Å²) in [6, 6.07) is 4.96. The van der Waals surface area contributed by atoms with E-state index in [4.69, 9.17) is 19.7 Å². The Bertz CT molecular complexity index is 1020. The Kier molecular flexibility index (Phi) is 14.9. The van der Waals surface area contributed by atoms with Crippen LogP contribution in [0.2, 0.25) is 0 Å². The van der Waals surface area contributed by atoms with Crippen molar-refractivity contribution in [2.75, 3.05) is 26.4 Å². The van der Waals surface area contributed by atoms with E-state index in [9.17, 15) is 9.59 Å². The van der Waals surface area contributed by atoms with Crippen LogP contribution in [0.25, 0.3) is 0 Å². The minimum Gasteiger partial charge on any atom is -0.461 e. The van der Waals surface area contributed by atoms with Crippen LogP contribution in [0.3, 0.4) is 0 Å². The van der Waals surface area contributed by atoms with Crippen LogP contribution in [0, 0.1) is 29.5 Å². The molecule has 2 fully saturated rings. The number of aliphatic hydroxyl groups excluding tert-OH is 2. The summed E-state index contributed by atoms with van der Waals surface area (Å²) in [4.78, 5) is 24.0. The van der Waals surface area contributed by atoms with Crippen LogP contribution in [-0.4, -0.2) is 48.6 Å². The van der Waals surface area contributed by atoms with Gasteiger partial charge >= 0.3 is 11.9 Å². The lowest BCUT2D eigenvalue weighted by atomic mass is 9.68. The fourth-order valence-electron chi connectivity index (χ4n) is 6.89. The smallest absolute Gasteiger partial charge is 0.335 e. The molecular formula is C36H53FO6. The van der Waals surface area contributed by atoms with E-state index < -0.39 is 31.1 Å². The molecule has 7 heteroatoms. The molecule has 0 saturated heterocycles. The molecule has 0 bridgehead atoms. The van der Waals surface area contributed by atoms with Crippen molar-refractivity contribution in [2.24, 2.45) is 23.7 Å². The molecule has 0 heterocycles. The maximum absolute atomic E-state index is 15.3. The number of hydrogen-bond acceptors (Lipinski definition) is 6. The highest BCUT2D eigenvalue weighted by Crippen LogP contribution is 2.43. The van der Waals surface area contributed by atoms with Crippen molar-refractivity contribution in [2.45, 2.75) is 103 Å². The molecule has 2 saturated carbocycles. The van der Waals surface area contributed by atoms with E-state index in [-0.39, 0.29) is 30.2 Å². The number of ether oxygens (including phenoxy) is 2. The van der Waals surface area contributed by atoms with Crippen LogP contribution in [0.15, 0.2) is 42.5 Å². The molecule has 2 aliphatic rings. The van der Waals surface area contributed by atoms with Gasteiger partial charge in [0.2, 0.25) is 0 Å². The molecule has 3 rings (SSSR count). The predicted molar refractivity (Wildman–Crippen MR) is 167 cm³/mol. The summed E-state index contributed by atoms with van der Waals surface area (Å²) in [5, 5.41) is 18.2. The minimum absolute atomic E-state index is 0.106. The fourth-order valence-corrected chi connectivity index (χ4v) is 6.89. The molecule has 6 nitrogen and oxygen atoms in total. The zero-order chi connectivity index (χ0) is 31.2. The maximum Gasteiger partial charge on any atom is 0.335 e. The summed E-state index contributed by atoms with van der Waals surface area (Å²) >= 11 is 0. The van der Waals surface area contributed by atoms with Gasteiger partial charge in [-0.05, 0) is 79.4 Å². The third-order valence-corrected chi connectivity index (χ3v) is 9.83. The summed E-state index contributed by atoms with van der Waals surface area (Å²) in [5.74, 6) is 0.836. The molecule has 0 spiro atoms. The number of carbonyl (C=O) groups is 2. The summed E-state index contributed by atoms with van der Waals surface area (Å²) in [5.41, 5.74) is 0.962. The molecule has 2 aliphatic carbocycles. The van der Waals surface area contributed by atoms with Crippen molar-refractivity contribution in [1.29, 1.82) is 0 Å². The Morgan fingerprint density at radius 3 is 1.81 bits per heavy atom. The van der Waals surface area contributed by atoms with E-state index in [0.29, 0.717) is 23.5 Å². The number of hydrogen-bond donors (Lipinski definition) is 2.